The van der Waals surface area contributed by atoms with E-state index in [9.17, 15) is 15.0 Å². The van der Waals surface area contributed by atoms with E-state index in [1.54, 1.807) is 39.2 Å². The van der Waals surface area contributed by atoms with Crippen LogP contribution in [0.1, 0.15) is 30.6 Å². The van der Waals surface area contributed by atoms with Gasteiger partial charge in [-0.3, -0.25) is 4.79 Å². The lowest BCUT2D eigenvalue weighted by Crippen LogP contribution is -2.23. The van der Waals surface area contributed by atoms with Gasteiger partial charge in [0.25, 0.3) is 0 Å². The van der Waals surface area contributed by atoms with Crippen LogP contribution in [0.3, 0.4) is 0 Å². The molecule has 5 nitrogen and oxygen atoms in total. The molecule has 0 radical (unpaired) electrons. The Balaban J connectivity index is 2.76. The molecule has 19 heavy (non-hydrogen) atoms. The number of hydrogen-bond donors (Lipinski definition) is 2. The Morgan fingerprint density at radius 2 is 2.05 bits per heavy atom. The molecule has 2 atom stereocenters. The largest absolute Gasteiger partial charge is 0.497 e. The van der Waals surface area contributed by atoms with E-state index in [0.29, 0.717) is 11.3 Å². The topological polar surface area (TPSA) is 76.0 Å². The number of carbonyl (C=O) groups is 1. The number of aliphatic hydroxyl groups is 2. The normalized spacial score (nSPS) is 13.7. The van der Waals surface area contributed by atoms with Crippen molar-refractivity contribution in [1.29, 1.82) is 0 Å². The maximum atomic E-state index is 11.3. The quantitative estimate of drug-likeness (QED) is 0.762. The first kappa shape index (κ1) is 15.5. The van der Waals surface area contributed by atoms with Crippen molar-refractivity contribution in [2.45, 2.75) is 32.5 Å². The number of esters is 1. The molecule has 2 N–H and O–H groups in total. The highest BCUT2D eigenvalue weighted by Gasteiger charge is 2.23. The second-order valence-corrected chi connectivity index (χ2v) is 4.24. The Labute approximate surface area is 112 Å². The number of carbonyl (C=O) groups excluding carboxylic acids is 1. The zero-order chi connectivity index (χ0) is 14.4. The molecule has 0 fully saturated rings. The zero-order valence-corrected chi connectivity index (χ0v) is 11.4. The molecule has 0 saturated heterocycles. The van der Waals surface area contributed by atoms with Crippen molar-refractivity contribution in [3.63, 3.8) is 0 Å². The first-order chi connectivity index (χ1) is 8.99. The van der Waals surface area contributed by atoms with E-state index in [-0.39, 0.29) is 13.0 Å². The van der Waals surface area contributed by atoms with E-state index in [1.165, 1.54) is 0 Å². The molecule has 106 valence electrons. The number of hydrogen-bond acceptors (Lipinski definition) is 5. The molecule has 1 aromatic carbocycles. The summed E-state index contributed by atoms with van der Waals surface area (Å²) in [5.41, 5.74) is 1.35. The van der Waals surface area contributed by atoms with Gasteiger partial charge in [-0.15, -0.1) is 0 Å². The smallest absolute Gasteiger partial charge is 0.308 e. The second kappa shape index (κ2) is 7.11. The van der Waals surface area contributed by atoms with Crippen LogP contribution in [0.4, 0.5) is 0 Å². The molecule has 0 bridgehead atoms. The monoisotopic (exact) mass is 268 g/mol. The Morgan fingerprint density at radius 1 is 1.37 bits per heavy atom. The van der Waals surface area contributed by atoms with Gasteiger partial charge in [0.2, 0.25) is 0 Å². The van der Waals surface area contributed by atoms with Crippen LogP contribution in [-0.4, -0.2) is 36.0 Å². The highest BCUT2D eigenvalue weighted by Crippen LogP contribution is 2.25. The molecule has 0 saturated carbocycles. The number of aryl methyl sites for hydroxylation is 1. The third-order valence-electron chi connectivity index (χ3n) is 2.84. The summed E-state index contributed by atoms with van der Waals surface area (Å²) in [4.78, 5) is 11.3. The van der Waals surface area contributed by atoms with Gasteiger partial charge < -0.3 is 19.7 Å². The molecule has 1 aromatic rings. The standard InChI is InChI=1S/C14H20O5/c1-4-19-13(16)8-12(15)14(17)11-6-5-10(18-3)7-9(11)2/h5-7,12,14-15,17H,4,8H2,1-3H3. The van der Waals surface area contributed by atoms with Crippen molar-refractivity contribution in [3.8, 4) is 5.75 Å². The third kappa shape index (κ3) is 4.22. The van der Waals surface area contributed by atoms with E-state index < -0.39 is 18.2 Å². The fourth-order valence-corrected chi connectivity index (χ4v) is 1.82. The van der Waals surface area contributed by atoms with E-state index in [1.807, 2.05) is 0 Å². The van der Waals surface area contributed by atoms with Gasteiger partial charge in [0.05, 0.1) is 26.2 Å². The first-order valence-electron chi connectivity index (χ1n) is 6.15. The maximum Gasteiger partial charge on any atom is 0.308 e. The number of methoxy groups -OCH3 is 1. The Hall–Kier alpha value is -1.59. The molecule has 0 aliphatic carbocycles. The Kier molecular flexibility index (Phi) is 5.79. The molecule has 0 amide bonds. The maximum absolute atomic E-state index is 11.3. The predicted molar refractivity (Wildman–Crippen MR) is 69.9 cm³/mol. The van der Waals surface area contributed by atoms with Crippen LogP contribution in [0, 0.1) is 6.92 Å². The van der Waals surface area contributed by atoms with Crippen molar-refractivity contribution in [1.82, 2.24) is 0 Å². The minimum atomic E-state index is -1.19. The number of ether oxygens (including phenoxy) is 2. The summed E-state index contributed by atoms with van der Waals surface area (Å²) in [7, 11) is 1.56. The molecular formula is C14H20O5. The summed E-state index contributed by atoms with van der Waals surface area (Å²) in [6, 6.07) is 5.13. The summed E-state index contributed by atoms with van der Waals surface area (Å²) in [6.07, 6.45) is -2.55. The molecule has 0 aliphatic rings. The summed E-state index contributed by atoms with van der Waals surface area (Å²) < 4.78 is 9.80. The van der Waals surface area contributed by atoms with Crippen LogP contribution in [0.25, 0.3) is 0 Å². The summed E-state index contributed by atoms with van der Waals surface area (Å²) in [5.74, 6) is 0.147. The minimum Gasteiger partial charge on any atom is -0.497 e. The molecule has 5 heteroatoms. The summed E-state index contributed by atoms with van der Waals surface area (Å²) in [5, 5.41) is 19.9. The molecule has 0 aromatic heterocycles. The number of aliphatic hydroxyl groups excluding tert-OH is 2. The van der Waals surface area contributed by atoms with Gasteiger partial charge in [0.15, 0.2) is 0 Å². The fraction of sp³-hybridized carbons (Fsp3) is 0.500. The van der Waals surface area contributed by atoms with Gasteiger partial charge in [-0.1, -0.05) is 6.07 Å². The molecule has 0 heterocycles. The third-order valence-corrected chi connectivity index (χ3v) is 2.84. The second-order valence-electron chi connectivity index (χ2n) is 4.24. The Bertz CT molecular complexity index is 430. The lowest BCUT2D eigenvalue weighted by atomic mass is 9.97. The minimum absolute atomic E-state index is 0.236. The van der Waals surface area contributed by atoms with Crippen LogP contribution in [-0.2, 0) is 9.53 Å². The fourth-order valence-electron chi connectivity index (χ4n) is 1.82. The van der Waals surface area contributed by atoms with Crippen molar-refractivity contribution in [2.75, 3.05) is 13.7 Å². The summed E-state index contributed by atoms with van der Waals surface area (Å²) >= 11 is 0. The molecule has 0 spiro atoms. The van der Waals surface area contributed by atoms with E-state index in [0.717, 1.165) is 5.56 Å². The lowest BCUT2D eigenvalue weighted by Gasteiger charge is -2.19. The van der Waals surface area contributed by atoms with Gasteiger partial charge >= 0.3 is 5.97 Å². The van der Waals surface area contributed by atoms with Crippen molar-refractivity contribution < 1.29 is 24.5 Å². The first-order valence-corrected chi connectivity index (χ1v) is 6.15. The predicted octanol–water partition coefficient (Wildman–Crippen LogP) is 1.35. The van der Waals surface area contributed by atoms with Gasteiger partial charge in [-0.05, 0) is 37.1 Å². The van der Waals surface area contributed by atoms with Crippen LogP contribution in [0.5, 0.6) is 5.75 Å². The lowest BCUT2D eigenvalue weighted by molar-refractivity contribution is -0.147. The molecular weight excluding hydrogens is 248 g/mol. The van der Waals surface area contributed by atoms with Crippen molar-refractivity contribution in [2.24, 2.45) is 0 Å². The summed E-state index contributed by atoms with van der Waals surface area (Å²) in [6.45, 7) is 3.75. The zero-order valence-electron chi connectivity index (χ0n) is 11.4. The molecule has 0 aliphatic heterocycles. The van der Waals surface area contributed by atoms with Crippen LogP contribution in [0.15, 0.2) is 18.2 Å². The number of rotatable bonds is 6. The molecule has 1 rings (SSSR count). The van der Waals surface area contributed by atoms with Gasteiger partial charge in [0, 0.05) is 0 Å². The average molecular weight is 268 g/mol. The van der Waals surface area contributed by atoms with E-state index in [2.05, 4.69) is 0 Å². The van der Waals surface area contributed by atoms with E-state index in [4.69, 9.17) is 9.47 Å². The molecule has 2 unspecified atom stereocenters. The van der Waals surface area contributed by atoms with Crippen molar-refractivity contribution >= 4 is 5.97 Å². The SMILES string of the molecule is CCOC(=O)CC(O)C(O)c1ccc(OC)cc1C. The van der Waals surface area contributed by atoms with Gasteiger partial charge in [-0.25, -0.2) is 0 Å². The highest BCUT2D eigenvalue weighted by molar-refractivity contribution is 5.70. The van der Waals surface area contributed by atoms with Crippen LogP contribution in [0.2, 0.25) is 0 Å². The van der Waals surface area contributed by atoms with Gasteiger partial charge in [0.1, 0.15) is 11.9 Å². The van der Waals surface area contributed by atoms with Crippen LogP contribution >= 0.6 is 0 Å². The Morgan fingerprint density at radius 3 is 2.58 bits per heavy atom. The van der Waals surface area contributed by atoms with Crippen LogP contribution < -0.4 is 4.74 Å². The van der Waals surface area contributed by atoms with E-state index >= 15 is 0 Å². The highest BCUT2D eigenvalue weighted by atomic mass is 16.5. The van der Waals surface area contributed by atoms with Crippen molar-refractivity contribution in [3.05, 3.63) is 29.3 Å². The van der Waals surface area contributed by atoms with Gasteiger partial charge in [-0.2, -0.15) is 0 Å². The average Bonchev–Trinajstić information content (AvgIpc) is 2.37. The number of benzene rings is 1.